The second-order valence-electron chi connectivity index (χ2n) is 5.68. The van der Waals surface area contributed by atoms with Gasteiger partial charge in [0.2, 0.25) is 0 Å². The topological polar surface area (TPSA) is 33.0 Å². The Morgan fingerprint density at radius 2 is 1.48 bits per heavy atom. The van der Waals surface area contributed by atoms with E-state index in [1.807, 2.05) is 36.4 Å². The van der Waals surface area contributed by atoms with Crippen molar-refractivity contribution in [2.24, 2.45) is 5.92 Å². The molecule has 0 amide bonds. The van der Waals surface area contributed by atoms with Crippen molar-refractivity contribution in [1.82, 2.24) is 0 Å². The van der Waals surface area contributed by atoms with E-state index in [1.165, 1.54) is 25.7 Å². The van der Waals surface area contributed by atoms with E-state index in [-0.39, 0.29) is 0 Å². The Morgan fingerprint density at radius 3 is 2.05 bits per heavy atom. The predicted molar refractivity (Wildman–Crippen MR) is 84.0 cm³/mol. The summed E-state index contributed by atoms with van der Waals surface area (Å²) in [6.07, 6.45) is 5.32. The van der Waals surface area contributed by atoms with Gasteiger partial charge in [-0.2, -0.15) is 5.26 Å². The third-order valence-corrected chi connectivity index (χ3v) is 4.16. The van der Waals surface area contributed by atoms with E-state index in [0.717, 1.165) is 29.4 Å². The maximum Gasteiger partial charge on any atom is 0.119 e. The lowest BCUT2D eigenvalue weighted by molar-refractivity contribution is 0.252. The molecule has 106 valence electrons. The predicted octanol–water partition coefficient (Wildman–Crippen LogP) is 4.79. The SMILES string of the molecule is N#Cc1ccc(-c2ccc(OCC3CCCC3)cc2)cc1. The van der Waals surface area contributed by atoms with Crippen LogP contribution in [0.3, 0.4) is 0 Å². The number of nitriles is 1. The molecule has 1 aliphatic carbocycles. The summed E-state index contributed by atoms with van der Waals surface area (Å²) in [7, 11) is 0. The summed E-state index contributed by atoms with van der Waals surface area (Å²) < 4.78 is 5.87. The highest BCUT2D eigenvalue weighted by atomic mass is 16.5. The maximum atomic E-state index is 8.82. The molecule has 0 spiro atoms. The summed E-state index contributed by atoms with van der Waals surface area (Å²) >= 11 is 0. The molecular formula is C19H19NO. The zero-order chi connectivity index (χ0) is 14.5. The molecule has 0 unspecified atom stereocenters. The lowest BCUT2D eigenvalue weighted by Gasteiger charge is -2.11. The molecule has 1 saturated carbocycles. The normalized spacial score (nSPS) is 14.8. The van der Waals surface area contributed by atoms with E-state index in [4.69, 9.17) is 10.00 Å². The average Bonchev–Trinajstić information content (AvgIpc) is 3.07. The van der Waals surface area contributed by atoms with E-state index < -0.39 is 0 Å². The molecule has 21 heavy (non-hydrogen) atoms. The molecule has 3 rings (SSSR count). The summed E-state index contributed by atoms with van der Waals surface area (Å²) in [5, 5.41) is 8.82. The number of hydrogen-bond acceptors (Lipinski definition) is 2. The summed E-state index contributed by atoms with van der Waals surface area (Å²) in [5.41, 5.74) is 2.96. The van der Waals surface area contributed by atoms with Gasteiger partial charge in [-0.05, 0) is 54.2 Å². The van der Waals surface area contributed by atoms with Crippen molar-refractivity contribution in [3.63, 3.8) is 0 Å². The van der Waals surface area contributed by atoms with Gasteiger partial charge in [-0.3, -0.25) is 0 Å². The molecule has 2 aromatic rings. The van der Waals surface area contributed by atoms with Gasteiger partial charge in [-0.15, -0.1) is 0 Å². The molecule has 0 heterocycles. The summed E-state index contributed by atoms with van der Waals surface area (Å²) in [6.45, 7) is 0.843. The minimum Gasteiger partial charge on any atom is -0.493 e. The molecule has 1 fully saturated rings. The largest absolute Gasteiger partial charge is 0.493 e. The monoisotopic (exact) mass is 277 g/mol. The first-order valence-corrected chi connectivity index (χ1v) is 7.58. The van der Waals surface area contributed by atoms with Gasteiger partial charge in [0, 0.05) is 0 Å². The lowest BCUT2D eigenvalue weighted by Crippen LogP contribution is -2.07. The maximum absolute atomic E-state index is 8.82. The molecule has 1 aliphatic rings. The van der Waals surface area contributed by atoms with Crippen molar-refractivity contribution in [3.8, 4) is 22.9 Å². The van der Waals surface area contributed by atoms with Gasteiger partial charge < -0.3 is 4.74 Å². The van der Waals surface area contributed by atoms with Gasteiger partial charge in [0.15, 0.2) is 0 Å². The van der Waals surface area contributed by atoms with Gasteiger partial charge in [0.25, 0.3) is 0 Å². The highest BCUT2D eigenvalue weighted by molar-refractivity contribution is 5.64. The fraction of sp³-hybridized carbons (Fsp3) is 0.316. The highest BCUT2D eigenvalue weighted by Crippen LogP contribution is 2.27. The van der Waals surface area contributed by atoms with Crippen molar-refractivity contribution in [2.45, 2.75) is 25.7 Å². The van der Waals surface area contributed by atoms with Crippen LogP contribution < -0.4 is 4.74 Å². The third-order valence-electron chi connectivity index (χ3n) is 4.16. The van der Waals surface area contributed by atoms with E-state index in [0.29, 0.717) is 5.56 Å². The molecule has 0 bridgehead atoms. The molecule has 2 aromatic carbocycles. The van der Waals surface area contributed by atoms with Crippen LogP contribution in [0.25, 0.3) is 11.1 Å². The smallest absolute Gasteiger partial charge is 0.119 e. The Hall–Kier alpha value is -2.27. The second kappa shape index (κ2) is 6.45. The number of nitrogens with zero attached hydrogens (tertiary/aromatic N) is 1. The molecule has 0 N–H and O–H groups in total. The van der Waals surface area contributed by atoms with Gasteiger partial charge in [0.05, 0.1) is 18.2 Å². The molecule has 0 radical (unpaired) electrons. The van der Waals surface area contributed by atoms with Gasteiger partial charge in [-0.25, -0.2) is 0 Å². The Morgan fingerprint density at radius 1 is 0.905 bits per heavy atom. The Bertz CT molecular complexity index is 616. The first kappa shape index (κ1) is 13.7. The summed E-state index contributed by atoms with van der Waals surface area (Å²) in [6, 6.07) is 18.0. The van der Waals surface area contributed by atoms with Crippen LogP contribution in [0.2, 0.25) is 0 Å². The average molecular weight is 277 g/mol. The van der Waals surface area contributed by atoms with Crippen LogP contribution >= 0.6 is 0 Å². The third kappa shape index (κ3) is 3.44. The number of benzene rings is 2. The summed E-state index contributed by atoms with van der Waals surface area (Å²) in [4.78, 5) is 0. The van der Waals surface area contributed by atoms with Crippen molar-refractivity contribution in [1.29, 1.82) is 5.26 Å². The van der Waals surface area contributed by atoms with Crippen LogP contribution in [0.5, 0.6) is 5.75 Å². The quantitative estimate of drug-likeness (QED) is 0.804. The second-order valence-corrected chi connectivity index (χ2v) is 5.68. The first-order chi connectivity index (χ1) is 10.3. The van der Waals surface area contributed by atoms with Crippen molar-refractivity contribution in [3.05, 3.63) is 54.1 Å². The van der Waals surface area contributed by atoms with Crippen molar-refractivity contribution < 1.29 is 4.74 Å². The highest BCUT2D eigenvalue weighted by Gasteiger charge is 2.15. The zero-order valence-electron chi connectivity index (χ0n) is 12.1. The van der Waals surface area contributed by atoms with Crippen LogP contribution in [0.1, 0.15) is 31.2 Å². The number of hydrogen-bond donors (Lipinski definition) is 0. The molecule has 2 heteroatoms. The van der Waals surface area contributed by atoms with Gasteiger partial charge in [-0.1, -0.05) is 37.1 Å². The van der Waals surface area contributed by atoms with Gasteiger partial charge >= 0.3 is 0 Å². The number of rotatable bonds is 4. The van der Waals surface area contributed by atoms with E-state index in [9.17, 15) is 0 Å². The fourth-order valence-corrected chi connectivity index (χ4v) is 2.87. The van der Waals surface area contributed by atoms with Crippen LogP contribution in [0.4, 0.5) is 0 Å². The van der Waals surface area contributed by atoms with Crippen LogP contribution in [0, 0.1) is 17.2 Å². The molecule has 0 atom stereocenters. The fourth-order valence-electron chi connectivity index (χ4n) is 2.87. The van der Waals surface area contributed by atoms with Crippen molar-refractivity contribution >= 4 is 0 Å². The van der Waals surface area contributed by atoms with E-state index in [2.05, 4.69) is 18.2 Å². The van der Waals surface area contributed by atoms with Crippen LogP contribution in [0.15, 0.2) is 48.5 Å². The van der Waals surface area contributed by atoms with E-state index >= 15 is 0 Å². The standard InChI is InChI=1S/C19H19NO/c20-13-15-5-7-17(8-6-15)18-9-11-19(12-10-18)21-14-16-3-1-2-4-16/h5-12,16H,1-4,14H2. The summed E-state index contributed by atoms with van der Waals surface area (Å²) in [5.74, 6) is 1.68. The Kier molecular flexibility index (Phi) is 4.21. The minimum atomic E-state index is 0.690. The molecule has 0 aromatic heterocycles. The molecule has 0 saturated heterocycles. The van der Waals surface area contributed by atoms with Crippen LogP contribution in [-0.4, -0.2) is 6.61 Å². The first-order valence-electron chi connectivity index (χ1n) is 7.58. The zero-order valence-corrected chi connectivity index (χ0v) is 12.1. The molecule has 0 aliphatic heterocycles. The van der Waals surface area contributed by atoms with Crippen molar-refractivity contribution in [2.75, 3.05) is 6.61 Å². The Balaban J connectivity index is 1.64. The molecule has 2 nitrogen and oxygen atoms in total. The number of ether oxygens (including phenoxy) is 1. The van der Waals surface area contributed by atoms with Gasteiger partial charge in [0.1, 0.15) is 5.75 Å². The minimum absolute atomic E-state index is 0.690. The molecular weight excluding hydrogens is 258 g/mol. The van der Waals surface area contributed by atoms with E-state index in [1.54, 1.807) is 0 Å². The van der Waals surface area contributed by atoms with Crippen LogP contribution in [-0.2, 0) is 0 Å². The lowest BCUT2D eigenvalue weighted by atomic mass is 10.0. The Labute approximate surface area is 126 Å².